The van der Waals surface area contributed by atoms with Gasteiger partial charge in [-0.05, 0) is 58.8 Å². The smallest absolute Gasteiger partial charge is 0.234 e. The molecule has 1 aromatic rings. The zero-order chi connectivity index (χ0) is 13.8. The summed E-state index contributed by atoms with van der Waals surface area (Å²) < 4.78 is 5.53. The van der Waals surface area contributed by atoms with E-state index in [0.29, 0.717) is 11.8 Å². The molecule has 1 aromatic heterocycles. The van der Waals surface area contributed by atoms with Gasteiger partial charge in [0.15, 0.2) is 5.82 Å². The van der Waals surface area contributed by atoms with Gasteiger partial charge in [0.1, 0.15) is 0 Å². The molecule has 0 spiro atoms. The zero-order valence-corrected chi connectivity index (χ0v) is 12.4. The molecular formula is C15H25N3O. The monoisotopic (exact) mass is 263 g/mol. The zero-order valence-electron chi connectivity index (χ0n) is 12.4. The van der Waals surface area contributed by atoms with Crippen LogP contribution < -0.4 is 5.73 Å². The minimum absolute atomic E-state index is 0.310. The first-order valence-corrected chi connectivity index (χ1v) is 7.42. The van der Waals surface area contributed by atoms with E-state index >= 15 is 0 Å². The van der Waals surface area contributed by atoms with Gasteiger partial charge in [0.2, 0.25) is 5.89 Å². The fourth-order valence-electron chi connectivity index (χ4n) is 3.48. The summed E-state index contributed by atoms with van der Waals surface area (Å²) >= 11 is 0. The standard InChI is InChI=1S/C15H25N3O/c1-14(2,15(3,4)16)13-17-12(18-19-13)11-8-9-5-6-10(11)7-9/h9-11H,5-8,16H2,1-4H3. The van der Waals surface area contributed by atoms with Crippen LogP contribution in [0.5, 0.6) is 0 Å². The van der Waals surface area contributed by atoms with Crippen molar-refractivity contribution in [3.8, 4) is 0 Å². The van der Waals surface area contributed by atoms with Gasteiger partial charge >= 0.3 is 0 Å². The lowest BCUT2D eigenvalue weighted by Crippen LogP contribution is -2.50. The van der Waals surface area contributed by atoms with Gasteiger partial charge < -0.3 is 10.3 Å². The number of nitrogens with zero attached hydrogens (tertiary/aromatic N) is 2. The predicted molar refractivity (Wildman–Crippen MR) is 73.8 cm³/mol. The summed E-state index contributed by atoms with van der Waals surface area (Å²) in [6.45, 7) is 8.17. The van der Waals surface area contributed by atoms with Crippen LogP contribution >= 0.6 is 0 Å². The fourth-order valence-corrected chi connectivity index (χ4v) is 3.48. The normalized spacial score (nSPS) is 31.1. The van der Waals surface area contributed by atoms with Gasteiger partial charge in [0, 0.05) is 11.5 Å². The molecule has 0 radical (unpaired) electrons. The van der Waals surface area contributed by atoms with Crippen molar-refractivity contribution in [1.82, 2.24) is 10.1 Å². The van der Waals surface area contributed by atoms with Crippen LogP contribution in [0.2, 0.25) is 0 Å². The molecule has 1 heterocycles. The van der Waals surface area contributed by atoms with E-state index in [2.05, 4.69) is 19.0 Å². The predicted octanol–water partition coefficient (Wildman–Crippen LogP) is 2.99. The van der Waals surface area contributed by atoms with E-state index in [4.69, 9.17) is 15.2 Å². The molecule has 2 fully saturated rings. The Labute approximate surface area is 115 Å². The Bertz CT molecular complexity index is 472. The second-order valence-electron chi connectivity index (χ2n) is 7.59. The molecule has 19 heavy (non-hydrogen) atoms. The van der Waals surface area contributed by atoms with Crippen molar-refractivity contribution >= 4 is 0 Å². The van der Waals surface area contributed by atoms with E-state index in [1.807, 2.05) is 13.8 Å². The maximum atomic E-state index is 6.24. The number of hydrogen-bond acceptors (Lipinski definition) is 4. The van der Waals surface area contributed by atoms with Crippen molar-refractivity contribution in [1.29, 1.82) is 0 Å². The van der Waals surface area contributed by atoms with Crippen LogP contribution in [0.15, 0.2) is 4.52 Å². The molecule has 3 unspecified atom stereocenters. The molecule has 0 aliphatic heterocycles. The van der Waals surface area contributed by atoms with Crippen LogP contribution in [0, 0.1) is 11.8 Å². The van der Waals surface area contributed by atoms with Crippen LogP contribution in [0.4, 0.5) is 0 Å². The van der Waals surface area contributed by atoms with Crippen LogP contribution in [-0.2, 0) is 5.41 Å². The van der Waals surface area contributed by atoms with Gasteiger partial charge in [-0.1, -0.05) is 11.6 Å². The number of rotatable bonds is 3. The summed E-state index contributed by atoms with van der Waals surface area (Å²) in [6, 6.07) is 0. The van der Waals surface area contributed by atoms with Crippen LogP contribution in [-0.4, -0.2) is 15.7 Å². The molecule has 2 aliphatic carbocycles. The second-order valence-corrected chi connectivity index (χ2v) is 7.59. The van der Waals surface area contributed by atoms with Crippen molar-refractivity contribution in [2.75, 3.05) is 0 Å². The Morgan fingerprint density at radius 2 is 1.89 bits per heavy atom. The summed E-state index contributed by atoms with van der Waals surface area (Å²) in [5, 5.41) is 4.26. The molecule has 4 nitrogen and oxygen atoms in total. The lowest BCUT2D eigenvalue weighted by atomic mass is 9.75. The van der Waals surface area contributed by atoms with Gasteiger partial charge in [0.05, 0.1) is 5.41 Å². The molecule has 0 aromatic carbocycles. The SMILES string of the molecule is CC(C)(N)C(C)(C)c1nc(C2CC3CCC2C3)no1. The summed E-state index contributed by atoms with van der Waals surface area (Å²) in [7, 11) is 0. The molecule has 4 heteroatoms. The molecule has 3 atom stereocenters. The van der Waals surface area contributed by atoms with Crippen molar-refractivity contribution < 1.29 is 4.52 Å². The molecule has 0 amide bonds. The third-order valence-corrected chi connectivity index (χ3v) is 5.66. The molecule has 2 saturated carbocycles. The molecule has 106 valence electrons. The third kappa shape index (κ3) is 2.00. The van der Waals surface area contributed by atoms with Gasteiger partial charge in [0.25, 0.3) is 0 Å². The molecule has 2 bridgehead atoms. The quantitative estimate of drug-likeness (QED) is 0.910. The van der Waals surface area contributed by atoms with E-state index in [-0.39, 0.29) is 11.0 Å². The highest BCUT2D eigenvalue weighted by atomic mass is 16.5. The topological polar surface area (TPSA) is 64.9 Å². The molecule has 3 rings (SSSR count). The van der Waals surface area contributed by atoms with E-state index in [1.165, 1.54) is 25.7 Å². The van der Waals surface area contributed by atoms with Gasteiger partial charge in [-0.3, -0.25) is 0 Å². The van der Waals surface area contributed by atoms with E-state index < -0.39 is 0 Å². The minimum Gasteiger partial charge on any atom is -0.339 e. The van der Waals surface area contributed by atoms with Crippen LogP contribution in [0.25, 0.3) is 0 Å². The summed E-state index contributed by atoms with van der Waals surface area (Å²) in [5.41, 5.74) is 5.55. The van der Waals surface area contributed by atoms with Crippen LogP contribution in [0.3, 0.4) is 0 Å². The van der Waals surface area contributed by atoms with Crippen LogP contribution in [0.1, 0.15) is 71.0 Å². The first-order chi connectivity index (χ1) is 8.79. The van der Waals surface area contributed by atoms with E-state index in [0.717, 1.165) is 17.7 Å². The Morgan fingerprint density at radius 1 is 1.16 bits per heavy atom. The van der Waals surface area contributed by atoms with E-state index in [1.54, 1.807) is 0 Å². The number of hydrogen-bond donors (Lipinski definition) is 1. The Balaban J connectivity index is 1.84. The Hall–Kier alpha value is -0.900. The lowest BCUT2D eigenvalue weighted by Gasteiger charge is -2.34. The Kier molecular flexibility index (Phi) is 2.79. The highest BCUT2D eigenvalue weighted by Gasteiger charge is 2.44. The Morgan fingerprint density at radius 3 is 2.42 bits per heavy atom. The van der Waals surface area contributed by atoms with Crippen molar-refractivity contribution in [3.63, 3.8) is 0 Å². The second kappa shape index (κ2) is 4.05. The molecule has 2 N–H and O–H groups in total. The van der Waals surface area contributed by atoms with E-state index in [9.17, 15) is 0 Å². The fraction of sp³-hybridized carbons (Fsp3) is 0.867. The van der Waals surface area contributed by atoms with Gasteiger partial charge in [-0.2, -0.15) is 4.98 Å². The third-order valence-electron chi connectivity index (χ3n) is 5.66. The van der Waals surface area contributed by atoms with Gasteiger partial charge in [-0.15, -0.1) is 0 Å². The average molecular weight is 263 g/mol. The molecule has 2 aliphatic rings. The first-order valence-electron chi connectivity index (χ1n) is 7.42. The largest absolute Gasteiger partial charge is 0.339 e. The number of fused-ring (bicyclic) bond motifs is 2. The van der Waals surface area contributed by atoms with Crippen molar-refractivity contribution in [3.05, 3.63) is 11.7 Å². The number of nitrogens with two attached hydrogens (primary N) is 1. The maximum Gasteiger partial charge on any atom is 0.234 e. The molecular weight excluding hydrogens is 238 g/mol. The minimum atomic E-state index is -0.383. The van der Waals surface area contributed by atoms with Gasteiger partial charge in [-0.25, -0.2) is 0 Å². The summed E-state index contributed by atoms with van der Waals surface area (Å²) in [5.74, 6) is 3.80. The maximum absolute atomic E-state index is 6.24. The first kappa shape index (κ1) is 13.1. The van der Waals surface area contributed by atoms with Crippen molar-refractivity contribution in [2.45, 2.75) is 70.3 Å². The summed E-state index contributed by atoms with van der Waals surface area (Å²) in [4.78, 5) is 4.69. The number of aromatic nitrogens is 2. The lowest BCUT2D eigenvalue weighted by molar-refractivity contribution is 0.222. The molecule has 0 saturated heterocycles. The average Bonchev–Trinajstić information content (AvgIpc) is 3.03. The highest BCUT2D eigenvalue weighted by molar-refractivity contribution is 5.13. The van der Waals surface area contributed by atoms with Crippen molar-refractivity contribution in [2.24, 2.45) is 17.6 Å². The highest BCUT2D eigenvalue weighted by Crippen LogP contribution is 2.52. The summed E-state index contributed by atoms with van der Waals surface area (Å²) in [6.07, 6.45) is 5.34.